The first-order valence-electron chi connectivity index (χ1n) is 5.52. The van der Waals surface area contributed by atoms with Gasteiger partial charge in [0, 0.05) is 0 Å². The molecule has 1 saturated heterocycles. The van der Waals surface area contributed by atoms with Crippen molar-refractivity contribution in [1.82, 2.24) is 0 Å². The Morgan fingerprint density at radius 2 is 2.25 bits per heavy atom. The molecule has 1 rings (SSSR count). The van der Waals surface area contributed by atoms with Crippen LogP contribution in [-0.4, -0.2) is 32.9 Å². The third-order valence-corrected chi connectivity index (χ3v) is 4.44. The van der Waals surface area contributed by atoms with Crippen LogP contribution in [0.2, 0.25) is 0 Å². The minimum absolute atomic E-state index is 0.0918. The molecule has 94 valence electrons. The third-order valence-electron chi connectivity index (χ3n) is 2.75. The zero-order valence-electron chi connectivity index (χ0n) is 9.64. The number of carbonyl (C=O) groups excluding carboxylic acids is 1. The predicted molar refractivity (Wildman–Crippen MR) is 58.3 cm³/mol. The highest BCUT2D eigenvalue weighted by molar-refractivity contribution is 7.87. The minimum atomic E-state index is -3.53. The predicted octanol–water partition coefficient (Wildman–Crippen LogP) is 1.08. The molecule has 5 nitrogen and oxygen atoms in total. The van der Waals surface area contributed by atoms with Gasteiger partial charge in [-0.05, 0) is 19.3 Å². The highest BCUT2D eigenvalue weighted by atomic mass is 32.2. The molecule has 0 bridgehead atoms. The molecule has 0 aromatic heterocycles. The number of hydrogen-bond acceptors (Lipinski definition) is 5. The van der Waals surface area contributed by atoms with Crippen molar-refractivity contribution >= 4 is 16.1 Å². The van der Waals surface area contributed by atoms with Gasteiger partial charge in [-0.25, -0.2) is 0 Å². The monoisotopic (exact) mass is 250 g/mol. The molecule has 0 spiro atoms. The van der Waals surface area contributed by atoms with Crippen LogP contribution in [0.3, 0.4) is 0 Å². The van der Waals surface area contributed by atoms with Gasteiger partial charge in [0.05, 0.1) is 12.5 Å². The summed E-state index contributed by atoms with van der Waals surface area (Å²) in [5.74, 6) is -0.532. The molecule has 0 saturated carbocycles. The van der Waals surface area contributed by atoms with Crippen LogP contribution in [0.15, 0.2) is 0 Å². The zero-order valence-corrected chi connectivity index (χ0v) is 10.5. The Kier molecular flexibility index (Phi) is 4.73. The second-order valence-electron chi connectivity index (χ2n) is 4.02. The first kappa shape index (κ1) is 13.4. The largest absolute Gasteiger partial charge is 0.464 e. The van der Waals surface area contributed by atoms with Gasteiger partial charge in [-0.2, -0.15) is 8.42 Å². The molecule has 1 aliphatic heterocycles. The molecular formula is C10H18O5S. The van der Waals surface area contributed by atoms with Crippen LogP contribution in [0.5, 0.6) is 0 Å². The van der Waals surface area contributed by atoms with E-state index in [4.69, 9.17) is 4.74 Å². The lowest BCUT2D eigenvalue weighted by Gasteiger charge is -2.22. The summed E-state index contributed by atoms with van der Waals surface area (Å²) in [6.07, 6.45) is 1.87. The Morgan fingerprint density at radius 1 is 1.56 bits per heavy atom. The van der Waals surface area contributed by atoms with Gasteiger partial charge in [0.2, 0.25) is 0 Å². The van der Waals surface area contributed by atoms with Crippen LogP contribution in [0, 0.1) is 5.92 Å². The molecule has 16 heavy (non-hydrogen) atoms. The van der Waals surface area contributed by atoms with E-state index in [1.807, 2.05) is 6.92 Å². The summed E-state index contributed by atoms with van der Waals surface area (Å²) in [5, 5.41) is -0.700. The number of rotatable bonds is 4. The summed E-state index contributed by atoms with van der Waals surface area (Å²) in [7, 11) is -3.53. The van der Waals surface area contributed by atoms with Gasteiger partial charge < -0.3 is 4.74 Å². The first-order valence-corrected chi connectivity index (χ1v) is 6.99. The number of esters is 1. The second kappa shape index (κ2) is 5.63. The molecular weight excluding hydrogens is 232 g/mol. The van der Waals surface area contributed by atoms with E-state index in [-0.39, 0.29) is 25.1 Å². The minimum Gasteiger partial charge on any atom is -0.464 e. The van der Waals surface area contributed by atoms with E-state index in [9.17, 15) is 13.2 Å². The molecule has 0 aromatic rings. The third kappa shape index (κ3) is 3.45. The normalized spacial score (nSPS) is 26.0. The van der Waals surface area contributed by atoms with Crippen LogP contribution < -0.4 is 0 Å². The summed E-state index contributed by atoms with van der Waals surface area (Å²) in [6, 6.07) is 0. The van der Waals surface area contributed by atoms with Crippen molar-refractivity contribution < 1.29 is 22.1 Å². The van der Waals surface area contributed by atoms with Crippen molar-refractivity contribution in [1.29, 1.82) is 0 Å². The van der Waals surface area contributed by atoms with E-state index in [0.717, 1.165) is 0 Å². The molecule has 0 amide bonds. The van der Waals surface area contributed by atoms with Crippen molar-refractivity contribution in [3.8, 4) is 0 Å². The maximum atomic E-state index is 11.4. The van der Waals surface area contributed by atoms with E-state index >= 15 is 0 Å². The Balaban J connectivity index is 2.45. The zero-order chi connectivity index (χ0) is 12.2. The average Bonchev–Trinajstić information content (AvgIpc) is 2.25. The summed E-state index contributed by atoms with van der Waals surface area (Å²) < 4.78 is 32.5. The van der Waals surface area contributed by atoms with Crippen LogP contribution >= 0.6 is 0 Å². The van der Waals surface area contributed by atoms with Gasteiger partial charge in [-0.15, -0.1) is 0 Å². The molecule has 2 unspecified atom stereocenters. The van der Waals surface area contributed by atoms with Gasteiger partial charge in [-0.3, -0.25) is 8.98 Å². The SMILES string of the molecule is CCC(C)C(=O)OCC1CCCOS1(=O)=O. The van der Waals surface area contributed by atoms with E-state index in [2.05, 4.69) is 4.18 Å². The molecule has 0 radical (unpaired) electrons. The van der Waals surface area contributed by atoms with Crippen molar-refractivity contribution in [2.24, 2.45) is 5.92 Å². The highest BCUT2D eigenvalue weighted by Crippen LogP contribution is 2.18. The molecule has 0 N–H and O–H groups in total. The van der Waals surface area contributed by atoms with Crippen LogP contribution in [0.1, 0.15) is 33.1 Å². The first-order chi connectivity index (χ1) is 7.47. The fourth-order valence-electron chi connectivity index (χ4n) is 1.38. The van der Waals surface area contributed by atoms with Crippen LogP contribution in [0.25, 0.3) is 0 Å². The Morgan fingerprint density at radius 3 is 2.81 bits per heavy atom. The van der Waals surface area contributed by atoms with Crippen LogP contribution in [0.4, 0.5) is 0 Å². The molecule has 0 aromatic carbocycles. The summed E-state index contributed by atoms with van der Waals surface area (Å²) >= 11 is 0. The smallest absolute Gasteiger partial charge is 0.308 e. The Hall–Kier alpha value is -0.620. The lowest BCUT2D eigenvalue weighted by Crippen LogP contribution is -2.34. The summed E-state index contributed by atoms with van der Waals surface area (Å²) in [4.78, 5) is 11.4. The fourth-order valence-corrected chi connectivity index (χ4v) is 2.61. The lowest BCUT2D eigenvalue weighted by molar-refractivity contribution is -0.148. The molecule has 1 heterocycles. The van der Waals surface area contributed by atoms with Crippen molar-refractivity contribution in [2.45, 2.75) is 38.4 Å². The number of hydrogen-bond donors (Lipinski definition) is 0. The number of ether oxygens (including phenoxy) is 1. The Bertz CT molecular complexity index is 335. The maximum absolute atomic E-state index is 11.4. The summed E-state index contributed by atoms with van der Waals surface area (Å²) in [6.45, 7) is 3.78. The quantitative estimate of drug-likeness (QED) is 0.551. The maximum Gasteiger partial charge on any atom is 0.308 e. The highest BCUT2D eigenvalue weighted by Gasteiger charge is 2.31. The van der Waals surface area contributed by atoms with E-state index in [1.165, 1.54) is 0 Å². The average molecular weight is 250 g/mol. The van der Waals surface area contributed by atoms with Crippen molar-refractivity contribution in [3.63, 3.8) is 0 Å². The fraction of sp³-hybridized carbons (Fsp3) is 0.900. The van der Waals surface area contributed by atoms with Gasteiger partial charge in [0.15, 0.2) is 0 Å². The van der Waals surface area contributed by atoms with Gasteiger partial charge in [0.25, 0.3) is 10.1 Å². The molecule has 1 fully saturated rings. The van der Waals surface area contributed by atoms with E-state index in [1.54, 1.807) is 6.92 Å². The van der Waals surface area contributed by atoms with Gasteiger partial charge >= 0.3 is 5.97 Å². The van der Waals surface area contributed by atoms with E-state index in [0.29, 0.717) is 19.3 Å². The Labute approximate surface area is 96.2 Å². The lowest BCUT2D eigenvalue weighted by atomic mass is 10.1. The molecule has 2 atom stereocenters. The topological polar surface area (TPSA) is 69.7 Å². The molecule has 6 heteroatoms. The second-order valence-corrected chi connectivity index (χ2v) is 5.91. The summed E-state index contributed by atoms with van der Waals surface area (Å²) in [5.41, 5.74) is 0. The standard InChI is InChI=1S/C10H18O5S/c1-3-8(2)10(11)14-7-9-5-4-6-15-16(9,12)13/h8-9H,3-7H2,1-2H3. The molecule has 0 aliphatic carbocycles. The number of carbonyl (C=O) groups is 1. The van der Waals surface area contributed by atoms with Gasteiger partial charge in [-0.1, -0.05) is 13.8 Å². The van der Waals surface area contributed by atoms with Crippen molar-refractivity contribution in [3.05, 3.63) is 0 Å². The van der Waals surface area contributed by atoms with E-state index < -0.39 is 15.4 Å². The van der Waals surface area contributed by atoms with Crippen LogP contribution in [-0.2, 0) is 23.8 Å². The van der Waals surface area contributed by atoms with Gasteiger partial charge in [0.1, 0.15) is 11.9 Å². The van der Waals surface area contributed by atoms with Crippen molar-refractivity contribution in [2.75, 3.05) is 13.2 Å². The molecule has 1 aliphatic rings.